The van der Waals surface area contributed by atoms with E-state index in [0.29, 0.717) is 31.1 Å². The normalized spacial score (nSPS) is 24.0. The number of aromatic nitrogens is 3. The van der Waals surface area contributed by atoms with Crippen molar-refractivity contribution in [1.82, 2.24) is 28.9 Å². The second kappa shape index (κ2) is 14.9. The maximum absolute atomic E-state index is 15.1. The van der Waals surface area contributed by atoms with Crippen LogP contribution < -0.4 is 9.46 Å². The van der Waals surface area contributed by atoms with Gasteiger partial charge in [0, 0.05) is 42.6 Å². The van der Waals surface area contributed by atoms with Gasteiger partial charge in [-0.3, -0.25) is 19.0 Å². The van der Waals surface area contributed by atoms with E-state index in [1.165, 1.54) is 24.8 Å². The molecule has 4 fully saturated rings. The predicted molar refractivity (Wildman–Crippen MR) is 233 cm³/mol. The van der Waals surface area contributed by atoms with Gasteiger partial charge in [-0.05, 0) is 129 Å². The average Bonchev–Trinajstić information content (AvgIpc) is 3.66. The Labute approximate surface area is 349 Å². The highest BCUT2D eigenvalue weighted by atomic mass is 32.2. The fourth-order valence-electron chi connectivity index (χ4n) is 11.6. The summed E-state index contributed by atoms with van der Waals surface area (Å²) in [6, 6.07) is 12.8. The minimum absolute atomic E-state index is 0.0128. The molecule has 2 bridgehead atoms. The second-order valence-electron chi connectivity index (χ2n) is 19.5. The molecular formula is C47H60N6O5S. The summed E-state index contributed by atoms with van der Waals surface area (Å²) in [5.41, 5.74) is 8.96. The number of likely N-dealkylation sites (tertiary alicyclic amines) is 2. The molecule has 5 aliphatic rings. The highest BCUT2D eigenvalue weighted by Crippen LogP contribution is 2.49. The van der Waals surface area contributed by atoms with E-state index in [9.17, 15) is 13.2 Å². The van der Waals surface area contributed by atoms with Crippen molar-refractivity contribution in [3.63, 3.8) is 0 Å². The molecule has 12 heteroatoms. The molecular weight excluding hydrogens is 761 g/mol. The smallest absolute Gasteiger partial charge is 0.257 e. The number of nitrogens with one attached hydrogen (secondary N) is 1. The quantitative estimate of drug-likeness (QED) is 0.182. The van der Waals surface area contributed by atoms with Crippen LogP contribution in [0.1, 0.15) is 130 Å². The molecule has 2 aromatic carbocycles. The Morgan fingerprint density at radius 3 is 2.32 bits per heavy atom. The van der Waals surface area contributed by atoms with Gasteiger partial charge in [0.1, 0.15) is 5.75 Å². The van der Waals surface area contributed by atoms with E-state index in [1.807, 2.05) is 18.3 Å². The number of ether oxygens (including phenoxy) is 1. The molecule has 0 spiro atoms. The Kier molecular flexibility index (Phi) is 10.1. The molecule has 2 saturated heterocycles. The van der Waals surface area contributed by atoms with Crippen molar-refractivity contribution < 1.29 is 22.7 Å². The van der Waals surface area contributed by atoms with Crippen molar-refractivity contribution in [3.8, 4) is 17.0 Å². The van der Waals surface area contributed by atoms with E-state index < -0.39 is 21.2 Å². The number of nitrogens with zero attached hydrogens (tertiary/aromatic N) is 5. The summed E-state index contributed by atoms with van der Waals surface area (Å²) in [7, 11) is 0.136. The average molecular weight is 821 g/mol. The Morgan fingerprint density at radius 1 is 0.932 bits per heavy atom. The largest absolute Gasteiger partial charge is 0.497 e. The number of hydrogen-bond acceptors (Lipinski definition) is 7. The molecule has 2 saturated carbocycles. The highest BCUT2D eigenvalue weighted by Gasteiger charge is 2.49. The topological polar surface area (TPSA) is 119 Å². The monoisotopic (exact) mass is 820 g/mol. The van der Waals surface area contributed by atoms with Gasteiger partial charge < -0.3 is 19.1 Å². The number of piperidine rings is 2. The van der Waals surface area contributed by atoms with Gasteiger partial charge in [-0.25, -0.2) is 8.42 Å². The molecule has 2 atom stereocenters. The van der Waals surface area contributed by atoms with Crippen LogP contribution in [-0.4, -0.2) is 90.0 Å². The van der Waals surface area contributed by atoms with Crippen molar-refractivity contribution >= 4 is 44.4 Å². The van der Waals surface area contributed by atoms with E-state index >= 15 is 4.79 Å². The van der Waals surface area contributed by atoms with Gasteiger partial charge >= 0.3 is 0 Å². The first-order valence-corrected chi connectivity index (χ1v) is 23.3. The molecule has 5 heterocycles. The third kappa shape index (κ3) is 7.32. The summed E-state index contributed by atoms with van der Waals surface area (Å²) < 4.78 is 38.0. The first-order chi connectivity index (χ1) is 28.1. The summed E-state index contributed by atoms with van der Waals surface area (Å²) >= 11 is 0. The Bertz CT molecular complexity index is 2450. The number of carbonyl (C=O) groups is 2. The Balaban J connectivity index is 1.21. The maximum Gasteiger partial charge on any atom is 0.257 e. The molecule has 314 valence electrons. The van der Waals surface area contributed by atoms with Crippen LogP contribution in [0.25, 0.3) is 33.8 Å². The lowest BCUT2D eigenvalue weighted by Crippen LogP contribution is -2.62. The van der Waals surface area contributed by atoms with Crippen LogP contribution in [0.2, 0.25) is 0 Å². The number of carbonyl (C=O) groups excluding carboxylic acids is 2. The highest BCUT2D eigenvalue weighted by molar-refractivity contribution is 7.90. The van der Waals surface area contributed by atoms with E-state index in [2.05, 4.69) is 75.0 Å². The summed E-state index contributed by atoms with van der Waals surface area (Å²) in [4.78, 5) is 32.9. The molecule has 2 aromatic heterocycles. The van der Waals surface area contributed by atoms with E-state index in [-0.39, 0.29) is 29.2 Å². The Hall–Kier alpha value is -4.42. The standard InChI is InChI=1S/C47H60N6O5S/c1-30(2)59(56,57)49-41(54)20-31-15-17-38-40(19-31)52-24-34(21-33-22-36(58-6)16-18-37(33)44(52)42(38)32-11-8-7-9-12-32)43-39(23-48-53(43)35-13-10-14-35)45(55)51-28-46(3)25-47(4,29-51)27-50(5)26-46/h15-19,21-23,30,32,35H,7-14,20,24-29H2,1-6H3,(H,49,54)/t46-,47+. The molecule has 11 nitrogen and oxygen atoms in total. The first kappa shape index (κ1) is 40.0. The Morgan fingerprint density at radius 2 is 1.66 bits per heavy atom. The molecule has 0 radical (unpaired) electrons. The van der Waals surface area contributed by atoms with Crippen molar-refractivity contribution in [2.75, 3.05) is 40.3 Å². The number of rotatable bonds is 9. The van der Waals surface area contributed by atoms with Crippen LogP contribution in [0, 0.1) is 10.8 Å². The summed E-state index contributed by atoms with van der Waals surface area (Å²) in [5, 5.41) is 5.49. The van der Waals surface area contributed by atoms with Crippen molar-refractivity contribution in [2.24, 2.45) is 10.8 Å². The van der Waals surface area contributed by atoms with Gasteiger partial charge in [-0.15, -0.1) is 0 Å². The number of sulfonamides is 1. The molecule has 2 aliphatic carbocycles. The van der Waals surface area contributed by atoms with Gasteiger partial charge in [-0.1, -0.05) is 45.2 Å². The lowest BCUT2D eigenvalue weighted by Gasteiger charge is -2.56. The molecule has 1 N–H and O–H groups in total. The van der Waals surface area contributed by atoms with Crippen molar-refractivity contribution in [2.45, 2.75) is 116 Å². The van der Waals surface area contributed by atoms with Crippen LogP contribution >= 0.6 is 0 Å². The summed E-state index contributed by atoms with van der Waals surface area (Å²) in [6.07, 6.45) is 14.1. The molecule has 4 aromatic rings. The first-order valence-electron chi connectivity index (χ1n) is 21.8. The van der Waals surface area contributed by atoms with Crippen LogP contribution in [0.4, 0.5) is 0 Å². The molecule has 3 aliphatic heterocycles. The zero-order valence-electron chi connectivity index (χ0n) is 35.6. The van der Waals surface area contributed by atoms with E-state index in [1.54, 1.807) is 21.0 Å². The number of benzene rings is 2. The maximum atomic E-state index is 15.1. The lowest BCUT2D eigenvalue weighted by atomic mass is 9.65. The van der Waals surface area contributed by atoms with Gasteiger partial charge in [-0.2, -0.15) is 5.10 Å². The van der Waals surface area contributed by atoms with Crippen LogP contribution in [0.5, 0.6) is 5.75 Å². The van der Waals surface area contributed by atoms with E-state index in [0.717, 1.165) is 102 Å². The van der Waals surface area contributed by atoms with Gasteiger partial charge in [0.05, 0.1) is 54.5 Å². The summed E-state index contributed by atoms with van der Waals surface area (Å²) in [6.45, 7) is 11.7. The molecule has 2 amide bonds. The number of allylic oxidation sites excluding steroid dienone is 1. The second-order valence-corrected chi connectivity index (χ2v) is 21.8. The van der Waals surface area contributed by atoms with Gasteiger partial charge in [0.15, 0.2) is 0 Å². The minimum Gasteiger partial charge on any atom is -0.497 e. The number of methoxy groups -OCH3 is 1. The SMILES string of the molecule is COc1ccc2c(c1)C=C(c1c(C(=O)N3C[C@]4(C)CN(C)C[C@](C)(C3)C4)cnn1C1CCC1)Cn1c-2c(C2CCCCC2)c2ccc(CC(=O)NS(=O)(=O)C(C)C)cc21. The number of hydrogen-bond donors (Lipinski definition) is 1. The van der Waals surface area contributed by atoms with Gasteiger partial charge in [0.2, 0.25) is 15.9 Å². The number of fused-ring (bicyclic) bond motifs is 7. The van der Waals surface area contributed by atoms with Crippen LogP contribution in [-0.2, 0) is 27.8 Å². The third-order valence-electron chi connectivity index (χ3n) is 13.9. The summed E-state index contributed by atoms with van der Waals surface area (Å²) in [5.74, 6) is 0.633. The zero-order chi connectivity index (χ0) is 41.4. The lowest BCUT2D eigenvalue weighted by molar-refractivity contribution is -0.118. The minimum atomic E-state index is -3.77. The third-order valence-corrected chi connectivity index (χ3v) is 15.7. The van der Waals surface area contributed by atoms with E-state index in [4.69, 9.17) is 9.84 Å². The molecule has 0 unspecified atom stereocenters. The zero-order valence-corrected chi connectivity index (χ0v) is 36.5. The fraction of sp³-hybridized carbons (Fsp3) is 0.553. The van der Waals surface area contributed by atoms with Crippen LogP contribution in [0.15, 0.2) is 42.6 Å². The van der Waals surface area contributed by atoms with Crippen molar-refractivity contribution in [3.05, 3.63) is 70.5 Å². The molecule has 9 rings (SSSR count). The number of amides is 2. The predicted octanol–water partition coefficient (Wildman–Crippen LogP) is 8.04. The van der Waals surface area contributed by atoms with Crippen molar-refractivity contribution in [1.29, 1.82) is 0 Å². The van der Waals surface area contributed by atoms with Gasteiger partial charge in [0.25, 0.3) is 5.91 Å². The fourth-order valence-corrected chi connectivity index (χ4v) is 12.2. The van der Waals surface area contributed by atoms with Crippen LogP contribution in [0.3, 0.4) is 0 Å². The molecule has 59 heavy (non-hydrogen) atoms.